The molecule has 150 valence electrons. The SMILES string of the molecule is CC(C)CCC[C@@H](C)CCc1ccc(CC[C@@H](C)CCCC(C)C)cc1. The highest BCUT2D eigenvalue weighted by molar-refractivity contribution is 5.22. The molecule has 0 aliphatic rings. The Balaban J connectivity index is 2.22. The minimum absolute atomic E-state index is 0.854. The van der Waals surface area contributed by atoms with E-state index in [1.54, 1.807) is 0 Å². The third kappa shape index (κ3) is 11.8. The largest absolute Gasteiger partial charge is 0.0628 e. The van der Waals surface area contributed by atoms with Crippen LogP contribution in [0.2, 0.25) is 0 Å². The van der Waals surface area contributed by atoms with E-state index < -0.39 is 0 Å². The van der Waals surface area contributed by atoms with Crippen molar-refractivity contribution in [2.75, 3.05) is 0 Å². The van der Waals surface area contributed by atoms with Crippen LogP contribution in [-0.2, 0) is 12.8 Å². The van der Waals surface area contributed by atoms with E-state index in [1.807, 2.05) is 0 Å². The van der Waals surface area contributed by atoms with E-state index in [0.29, 0.717) is 0 Å². The molecule has 1 aromatic carbocycles. The maximum absolute atomic E-state index is 2.43. The van der Waals surface area contributed by atoms with Gasteiger partial charge >= 0.3 is 0 Å². The van der Waals surface area contributed by atoms with Gasteiger partial charge in [0.05, 0.1) is 0 Å². The van der Waals surface area contributed by atoms with Crippen molar-refractivity contribution in [1.29, 1.82) is 0 Å². The second kappa shape index (κ2) is 13.4. The Labute approximate surface area is 165 Å². The maximum Gasteiger partial charge on any atom is -0.0276 e. The first-order chi connectivity index (χ1) is 12.4. The average Bonchev–Trinajstić information content (AvgIpc) is 2.58. The van der Waals surface area contributed by atoms with Gasteiger partial charge in [-0.1, -0.05) is 104 Å². The maximum atomic E-state index is 2.43. The van der Waals surface area contributed by atoms with Gasteiger partial charge in [0, 0.05) is 0 Å². The molecule has 26 heavy (non-hydrogen) atoms. The highest BCUT2D eigenvalue weighted by Crippen LogP contribution is 2.20. The van der Waals surface area contributed by atoms with Crippen LogP contribution in [0.15, 0.2) is 24.3 Å². The summed E-state index contributed by atoms with van der Waals surface area (Å²) in [6, 6.07) is 9.50. The molecule has 0 heterocycles. The van der Waals surface area contributed by atoms with Crippen LogP contribution in [0.1, 0.15) is 104 Å². The number of aryl methyl sites for hydroxylation is 2. The lowest BCUT2D eigenvalue weighted by atomic mass is 9.92. The molecule has 0 aliphatic heterocycles. The molecule has 0 saturated heterocycles. The van der Waals surface area contributed by atoms with Gasteiger partial charge in [-0.15, -0.1) is 0 Å². The van der Waals surface area contributed by atoms with Crippen molar-refractivity contribution in [1.82, 2.24) is 0 Å². The summed E-state index contributed by atoms with van der Waals surface area (Å²) in [6.07, 6.45) is 13.5. The predicted octanol–water partition coefficient (Wildman–Crippen LogP) is 8.48. The highest BCUT2D eigenvalue weighted by Gasteiger charge is 2.06. The van der Waals surface area contributed by atoms with Gasteiger partial charge in [0.25, 0.3) is 0 Å². The molecule has 0 spiro atoms. The minimum atomic E-state index is 0.854. The van der Waals surface area contributed by atoms with Crippen LogP contribution in [0.5, 0.6) is 0 Å². The fourth-order valence-corrected chi connectivity index (χ4v) is 3.74. The molecule has 1 rings (SSSR count). The van der Waals surface area contributed by atoms with E-state index >= 15 is 0 Å². The normalized spacial score (nSPS) is 14.2. The molecule has 0 nitrogen and oxygen atoms in total. The molecule has 2 atom stereocenters. The standard InChI is InChI=1S/C26H46/c1-21(2)9-7-11-23(5)13-15-25-17-19-26(20-18-25)16-14-24(6)12-8-10-22(3)4/h17-24H,7-16H2,1-6H3/t23-,24+. The van der Waals surface area contributed by atoms with Gasteiger partial charge in [-0.05, 0) is 60.5 Å². The van der Waals surface area contributed by atoms with Gasteiger partial charge in [-0.25, -0.2) is 0 Å². The Morgan fingerprint density at radius 2 is 0.846 bits per heavy atom. The lowest BCUT2D eigenvalue weighted by molar-refractivity contribution is 0.436. The van der Waals surface area contributed by atoms with Crippen LogP contribution in [0, 0.1) is 23.7 Å². The molecule has 0 amide bonds. The Kier molecular flexibility index (Phi) is 12.0. The number of benzene rings is 1. The van der Waals surface area contributed by atoms with Crippen LogP contribution < -0.4 is 0 Å². The van der Waals surface area contributed by atoms with Crippen molar-refractivity contribution in [3.8, 4) is 0 Å². The molecule has 0 bridgehead atoms. The van der Waals surface area contributed by atoms with E-state index in [1.165, 1.54) is 75.3 Å². The van der Waals surface area contributed by atoms with Gasteiger partial charge in [0.2, 0.25) is 0 Å². The van der Waals surface area contributed by atoms with Gasteiger partial charge < -0.3 is 0 Å². The zero-order valence-corrected chi connectivity index (χ0v) is 18.7. The van der Waals surface area contributed by atoms with Crippen LogP contribution >= 0.6 is 0 Å². The van der Waals surface area contributed by atoms with Crippen molar-refractivity contribution in [2.45, 2.75) is 106 Å². The molecule has 0 N–H and O–H groups in total. The van der Waals surface area contributed by atoms with Crippen molar-refractivity contribution in [2.24, 2.45) is 23.7 Å². The quantitative estimate of drug-likeness (QED) is 0.313. The fraction of sp³-hybridized carbons (Fsp3) is 0.769. The number of hydrogen-bond donors (Lipinski definition) is 0. The van der Waals surface area contributed by atoms with Crippen LogP contribution in [0.3, 0.4) is 0 Å². The Hall–Kier alpha value is -0.780. The minimum Gasteiger partial charge on any atom is -0.0628 e. The first-order valence-electron chi connectivity index (χ1n) is 11.4. The zero-order chi connectivity index (χ0) is 19.4. The molecule has 0 unspecified atom stereocenters. The molecule has 0 fully saturated rings. The number of rotatable bonds is 14. The van der Waals surface area contributed by atoms with Gasteiger partial charge in [0.15, 0.2) is 0 Å². The smallest absolute Gasteiger partial charge is 0.0276 e. The third-order valence-electron chi connectivity index (χ3n) is 5.83. The second-order valence-corrected chi connectivity index (χ2v) is 9.75. The second-order valence-electron chi connectivity index (χ2n) is 9.75. The first-order valence-corrected chi connectivity index (χ1v) is 11.4. The lowest BCUT2D eigenvalue weighted by Gasteiger charge is -2.13. The molecule has 0 aromatic heterocycles. The summed E-state index contributed by atoms with van der Waals surface area (Å²) in [5, 5.41) is 0. The predicted molar refractivity (Wildman–Crippen MR) is 119 cm³/mol. The van der Waals surface area contributed by atoms with E-state index in [0.717, 1.165) is 23.7 Å². The summed E-state index contributed by atoms with van der Waals surface area (Å²) >= 11 is 0. The lowest BCUT2D eigenvalue weighted by Crippen LogP contribution is -2.00. The van der Waals surface area contributed by atoms with Crippen molar-refractivity contribution in [3.63, 3.8) is 0 Å². The molecule has 1 aromatic rings. The highest BCUT2D eigenvalue weighted by atomic mass is 14.1. The summed E-state index contributed by atoms with van der Waals surface area (Å²) in [5.74, 6) is 3.43. The molecule has 0 radical (unpaired) electrons. The molecule has 0 aliphatic carbocycles. The monoisotopic (exact) mass is 358 g/mol. The molecular weight excluding hydrogens is 312 g/mol. The molecular formula is C26H46. The van der Waals surface area contributed by atoms with Crippen molar-refractivity contribution >= 4 is 0 Å². The first kappa shape index (κ1) is 23.3. The average molecular weight is 359 g/mol. The van der Waals surface area contributed by atoms with Crippen LogP contribution in [0.4, 0.5) is 0 Å². The molecule has 0 heteroatoms. The van der Waals surface area contributed by atoms with Gasteiger partial charge in [0.1, 0.15) is 0 Å². The number of hydrogen-bond acceptors (Lipinski definition) is 0. The summed E-state index contributed by atoms with van der Waals surface area (Å²) in [4.78, 5) is 0. The molecule has 0 saturated carbocycles. The van der Waals surface area contributed by atoms with E-state index in [4.69, 9.17) is 0 Å². The van der Waals surface area contributed by atoms with Gasteiger partial charge in [-0.3, -0.25) is 0 Å². The van der Waals surface area contributed by atoms with Crippen molar-refractivity contribution < 1.29 is 0 Å². The fourth-order valence-electron chi connectivity index (χ4n) is 3.74. The third-order valence-corrected chi connectivity index (χ3v) is 5.83. The Morgan fingerprint density at radius 1 is 0.500 bits per heavy atom. The summed E-state index contributed by atoms with van der Waals surface area (Å²) < 4.78 is 0. The zero-order valence-electron chi connectivity index (χ0n) is 18.7. The van der Waals surface area contributed by atoms with E-state index in [9.17, 15) is 0 Å². The summed E-state index contributed by atoms with van der Waals surface area (Å²) in [6.45, 7) is 14.2. The topological polar surface area (TPSA) is 0 Å². The van der Waals surface area contributed by atoms with Crippen LogP contribution in [0.25, 0.3) is 0 Å². The van der Waals surface area contributed by atoms with Crippen molar-refractivity contribution in [3.05, 3.63) is 35.4 Å². The summed E-state index contributed by atoms with van der Waals surface area (Å²) in [5.41, 5.74) is 3.05. The van der Waals surface area contributed by atoms with Gasteiger partial charge in [-0.2, -0.15) is 0 Å². The van der Waals surface area contributed by atoms with Crippen LogP contribution in [-0.4, -0.2) is 0 Å². The summed E-state index contributed by atoms with van der Waals surface area (Å²) in [7, 11) is 0. The Bertz CT molecular complexity index is 397. The Morgan fingerprint density at radius 3 is 1.15 bits per heavy atom. The van der Waals surface area contributed by atoms with E-state index in [2.05, 4.69) is 65.8 Å². The van der Waals surface area contributed by atoms with E-state index in [-0.39, 0.29) is 0 Å².